The van der Waals surface area contributed by atoms with Crippen LogP contribution in [-0.2, 0) is 9.59 Å². The number of benzene rings is 1. The Labute approximate surface area is 126 Å². The van der Waals surface area contributed by atoms with E-state index in [-0.39, 0.29) is 47.0 Å². The topological polar surface area (TPSA) is 90.2 Å². The smallest absolute Gasteiger partial charge is 0.254 e. The lowest BCUT2D eigenvalue weighted by Crippen LogP contribution is -2.28. The van der Waals surface area contributed by atoms with Crippen LogP contribution in [0, 0.1) is 23.7 Å². The number of carbonyl (C=O) groups excluding carboxylic acids is 2. The molecule has 0 unspecified atom stereocenters. The van der Waals surface area contributed by atoms with E-state index in [1.807, 2.05) is 12.2 Å². The number of nitrogens with zero attached hydrogens (tertiary/aromatic N) is 2. The van der Waals surface area contributed by atoms with Gasteiger partial charge in [0.25, 0.3) is 11.8 Å². The number of hydrogen-bond donors (Lipinski definition) is 2. The molecule has 1 heterocycles. The highest BCUT2D eigenvalue weighted by Gasteiger charge is 2.59. The van der Waals surface area contributed by atoms with Crippen molar-refractivity contribution in [3.8, 4) is 11.5 Å². The number of phenolic OH excluding ortho intramolecular Hbond substituents is 2. The molecule has 4 atom stereocenters. The summed E-state index contributed by atoms with van der Waals surface area (Å²) in [5, 5.41) is 23.6. The van der Waals surface area contributed by atoms with Crippen LogP contribution in [-0.4, -0.2) is 33.3 Å². The lowest BCUT2D eigenvalue weighted by molar-refractivity contribution is -0.140. The predicted octanol–water partition coefficient (Wildman–Crippen LogP) is 1.24. The molecule has 1 saturated heterocycles. The van der Waals surface area contributed by atoms with Crippen molar-refractivity contribution in [1.82, 2.24) is 5.01 Å². The molecule has 1 saturated carbocycles. The molecular weight excluding hydrogens is 284 g/mol. The monoisotopic (exact) mass is 298 g/mol. The highest BCUT2D eigenvalue weighted by Crippen LogP contribution is 2.52. The standard InChI is InChI=1S/C16H14N2O4/c19-11-4-1-8(5-12(11)20)7-17-18-15(21)13-9-2-3-10(6-9)14(13)16(18)22/h1-5,7,9-10,13-14,19-20H,6H2/b17-7+/t9-,10-,13-,14+/m0/s1. The summed E-state index contributed by atoms with van der Waals surface area (Å²) in [6.07, 6.45) is 6.28. The quantitative estimate of drug-likeness (QED) is 0.372. The number of imide groups is 1. The first-order valence-corrected chi connectivity index (χ1v) is 7.18. The Morgan fingerprint density at radius 3 is 2.27 bits per heavy atom. The van der Waals surface area contributed by atoms with Crippen LogP contribution >= 0.6 is 0 Å². The van der Waals surface area contributed by atoms with Crippen molar-refractivity contribution in [2.24, 2.45) is 28.8 Å². The highest BCUT2D eigenvalue weighted by atomic mass is 16.3. The average molecular weight is 298 g/mol. The van der Waals surface area contributed by atoms with Crippen molar-refractivity contribution in [2.75, 3.05) is 0 Å². The normalized spacial score (nSPS) is 32.5. The van der Waals surface area contributed by atoms with Gasteiger partial charge in [-0.15, -0.1) is 0 Å². The fourth-order valence-electron chi connectivity index (χ4n) is 3.75. The molecule has 4 rings (SSSR count). The first-order chi connectivity index (χ1) is 10.6. The van der Waals surface area contributed by atoms with Gasteiger partial charge >= 0.3 is 0 Å². The third-order valence-corrected chi connectivity index (χ3v) is 4.77. The molecule has 2 amide bonds. The number of hydrogen-bond acceptors (Lipinski definition) is 5. The first-order valence-electron chi connectivity index (χ1n) is 7.18. The third kappa shape index (κ3) is 1.70. The van der Waals surface area contributed by atoms with Gasteiger partial charge in [0.1, 0.15) is 0 Å². The summed E-state index contributed by atoms with van der Waals surface area (Å²) in [4.78, 5) is 24.8. The van der Waals surface area contributed by atoms with Crippen LogP contribution in [0.15, 0.2) is 35.5 Å². The van der Waals surface area contributed by atoms with Gasteiger partial charge < -0.3 is 10.2 Å². The molecule has 2 bridgehead atoms. The van der Waals surface area contributed by atoms with E-state index in [2.05, 4.69) is 5.10 Å². The molecule has 6 nitrogen and oxygen atoms in total. The minimum Gasteiger partial charge on any atom is -0.504 e. The lowest BCUT2D eigenvalue weighted by Gasteiger charge is -2.13. The summed E-state index contributed by atoms with van der Waals surface area (Å²) in [5.41, 5.74) is 0.494. The summed E-state index contributed by atoms with van der Waals surface area (Å²) in [6, 6.07) is 4.18. The highest BCUT2D eigenvalue weighted by molar-refractivity contribution is 6.06. The largest absolute Gasteiger partial charge is 0.504 e. The molecule has 0 spiro atoms. The van der Waals surface area contributed by atoms with Crippen molar-refractivity contribution < 1.29 is 19.8 Å². The number of fused-ring (bicyclic) bond motifs is 5. The van der Waals surface area contributed by atoms with Crippen LogP contribution in [0.25, 0.3) is 0 Å². The van der Waals surface area contributed by atoms with Gasteiger partial charge in [-0.25, -0.2) is 0 Å². The van der Waals surface area contributed by atoms with E-state index in [0.29, 0.717) is 5.56 Å². The maximum atomic E-state index is 12.4. The summed E-state index contributed by atoms with van der Waals surface area (Å²) >= 11 is 0. The van der Waals surface area contributed by atoms with Crippen LogP contribution in [0.2, 0.25) is 0 Å². The summed E-state index contributed by atoms with van der Waals surface area (Å²) in [6.45, 7) is 0. The van der Waals surface area contributed by atoms with Crippen molar-refractivity contribution >= 4 is 18.0 Å². The van der Waals surface area contributed by atoms with Crippen molar-refractivity contribution in [2.45, 2.75) is 6.42 Å². The molecule has 3 aliphatic rings. The maximum absolute atomic E-state index is 12.4. The molecule has 0 radical (unpaired) electrons. The lowest BCUT2D eigenvalue weighted by atomic mass is 9.85. The molecule has 1 aromatic carbocycles. The molecule has 1 aromatic rings. The van der Waals surface area contributed by atoms with Gasteiger partial charge in [-0.3, -0.25) is 9.59 Å². The maximum Gasteiger partial charge on any atom is 0.254 e. The zero-order chi connectivity index (χ0) is 15.4. The SMILES string of the molecule is O=C1[C@@H]2[C@H](C(=O)N1/N=C/c1ccc(O)c(O)c1)[C@H]1C=C[C@H]2C1. The van der Waals surface area contributed by atoms with Crippen molar-refractivity contribution in [1.29, 1.82) is 0 Å². The minimum absolute atomic E-state index is 0.157. The summed E-state index contributed by atoms with van der Waals surface area (Å²) in [5.74, 6) is -1.23. The van der Waals surface area contributed by atoms with E-state index in [1.54, 1.807) is 0 Å². The van der Waals surface area contributed by atoms with Gasteiger partial charge in [0.05, 0.1) is 18.1 Å². The van der Waals surface area contributed by atoms with E-state index >= 15 is 0 Å². The van der Waals surface area contributed by atoms with Gasteiger partial charge in [0.2, 0.25) is 0 Å². The van der Waals surface area contributed by atoms with Crippen LogP contribution in [0.3, 0.4) is 0 Å². The zero-order valence-corrected chi connectivity index (χ0v) is 11.6. The van der Waals surface area contributed by atoms with Gasteiger partial charge in [-0.05, 0) is 42.0 Å². The minimum atomic E-state index is -0.276. The van der Waals surface area contributed by atoms with Gasteiger partial charge in [0.15, 0.2) is 11.5 Å². The second kappa shape index (κ2) is 4.43. The number of hydrazone groups is 1. The Morgan fingerprint density at radius 1 is 1.05 bits per heavy atom. The number of rotatable bonds is 2. The molecule has 2 fully saturated rings. The number of aromatic hydroxyl groups is 2. The predicted molar refractivity (Wildman–Crippen MR) is 76.9 cm³/mol. The fourth-order valence-corrected chi connectivity index (χ4v) is 3.75. The second-order valence-corrected chi connectivity index (χ2v) is 5.98. The molecule has 1 aliphatic heterocycles. The average Bonchev–Trinajstić information content (AvgIpc) is 3.16. The van der Waals surface area contributed by atoms with Gasteiger partial charge in [-0.1, -0.05) is 12.2 Å². The molecule has 6 heteroatoms. The Bertz CT molecular complexity index is 710. The number of phenols is 2. The molecule has 2 N–H and O–H groups in total. The number of carbonyl (C=O) groups is 2. The second-order valence-electron chi connectivity index (χ2n) is 5.98. The van der Waals surface area contributed by atoms with E-state index in [4.69, 9.17) is 0 Å². The van der Waals surface area contributed by atoms with Gasteiger partial charge in [-0.2, -0.15) is 10.1 Å². The van der Waals surface area contributed by atoms with Crippen LogP contribution in [0.1, 0.15) is 12.0 Å². The fraction of sp³-hybridized carbons (Fsp3) is 0.312. The third-order valence-electron chi connectivity index (χ3n) is 4.77. The number of allylic oxidation sites excluding steroid dienone is 2. The molecular formula is C16H14N2O4. The Balaban J connectivity index is 1.59. The Kier molecular flexibility index (Phi) is 2.63. The van der Waals surface area contributed by atoms with E-state index in [9.17, 15) is 19.8 Å². The molecule has 0 aromatic heterocycles. The van der Waals surface area contributed by atoms with Crippen molar-refractivity contribution in [3.63, 3.8) is 0 Å². The number of amides is 2. The Hall–Kier alpha value is -2.63. The summed E-state index contributed by atoms with van der Waals surface area (Å²) in [7, 11) is 0. The van der Waals surface area contributed by atoms with E-state index in [0.717, 1.165) is 11.4 Å². The van der Waals surface area contributed by atoms with Crippen LogP contribution < -0.4 is 0 Å². The molecule has 22 heavy (non-hydrogen) atoms. The Morgan fingerprint density at radius 2 is 1.68 bits per heavy atom. The zero-order valence-electron chi connectivity index (χ0n) is 11.6. The van der Waals surface area contributed by atoms with E-state index < -0.39 is 0 Å². The van der Waals surface area contributed by atoms with Crippen LogP contribution in [0.5, 0.6) is 11.5 Å². The molecule has 2 aliphatic carbocycles. The van der Waals surface area contributed by atoms with Crippen LogP contribution in [0.4, 0.5) is 0 Å². The summed E-state index contributed by atoms with van der Waals surface area (Å²) < 4.78 is 0. The van der Waals surface area contributed by atoms with Crippen molar-refractivity contribution in [3.05, 3.63) is 35.9 Å². The van der Waals surface area contributed by atoms with E-state index in [1.165, 1.54) is 24.4 Å². The molecule has 112 valence electrons. The first kappa shape index (κ1) is 13.1. The van der Waals surface area contributed by atoms with Gasteiger partial charge in [0, 0.05) is 0 Å².